The lowest BCUT2D eigenvalue weighted by atomic mass is 10.2. The highest BCUT2D eigenvalue weighted by Crippen LogP contribution is 2.26. The molecule has 1 aliphatic heterocycles. The number of carbonyl (C=O) groups is 1. The second-order valence-electron chi connectivity index (χ2n) is 6.27. The summed E-state index contributed by atoms with van der Waals surface area (Å²) in [5.41, 5.74) is 1.18. The number of carbonyl (C=O) groups excluding carboxylic acids is 1. The van der Waals surface area contributed by atoms with Gasteiger partial charge in [-0.15, -0.1) is 0 Å². The zero-order valence-electron chi connectivity index (χ0n) is 12.5. The van der Waals surface area contributed by atoms with Crippen LogP contribution in [0.25, 0.3) is 0 Å². The van der Waals surface area contributed by atoms with Crippen LogP contribution in [0.5, 0.6) is 0 Å². The van der Waals surface area contributed by atoms with Crippen LogP contribution in [0.15, 0.2) is 12.4 Å². The van der Waals surface area contributed by atoms with Crippen molar-refractivity contribution in [1.29, 1.82) is 0 Å². The van der Waals surface area contributed by atoms with E-state index in [1.807, 2.05) is 17.8 Å². The third-order valence-corrected chi connectivity index (χ3v) is 4.41. The summed E-state index contributed by atoms with van der Waals surface area (Å²) >= 11 is 0. The van der Waals surface area contributed by atoms with Crippen LogP contribution >= 0.6 is 0 Å². The molecule has 1 saturated heterocycles. The molecule has 2 aliphatic rings. The number of likely N-dealkylation sites (N-methyl/N-ethyl adjacent to an activating group) is 1. The molecule has 2 fully saturated rings. The fraction of sp³-hybridized carbons (Fsp3) is 0.733. The quantitative estimate of drug-likeness (QED) is 0.813. The first kappa shape index (κ1) is 13.6. The van der Waals surface area contributed by atoms with Crippen molar-refractivity contribution < 1.29 is 4.79 Å². The molecule has 0 bridgehead atoms. The van der Waals surface area contributed by atoms with Crippen LogP contribution in [0.3, 0.4) is 0 Å². The Labute approximate surface area is 120 Å². The van der Waals surface area contributed by atoms with Crippen molar-refractivity contribution in [2.45, 2.75) is 51.2 Å². The molecule has 1 amide bonds. The summed E-state index contributed by atoms with van der Waals surface area (Å²) in [4.78, 5) is 16.7. The minimum atomic E-state index is 0.283. The number of aromatic nitrogens is 2. The predicted octanol–water partition coefficient (Wildman–Crippen LogP) is 1.28. The van der Waals surface area contributed by atoms with Crippen LogP contribution in [0, 0.1) is 6.92 Å². The average molecular weight is 276 g/mol. The van der Waals surface area contributed by atoms with Crippen LogP contribution in [-0.2, 0) is 11.3 Å². The smallest absolute Gasteiger partial charge is 0.237 e. The SMILES string of the molecule is Cc1cnn(C[C@@H]2CCCN2C(=O)CN(C)C2CC2)c1. The molecule has 1 aliphatic carbocycles. The van der Waals surface area contributed by atoms with Gasteiger partial charge in [-0.2, -0.15) is 5.10 Å². The molecule has 5 heteroatoms. The highest BCUT2D eigenvalue weighted by atomic mass is 16.2. The number of rotatable bonds is 5. The second-order valence-corrected chi connectivity index (χ2v) is 6.27. The summed E-state index contributed by atoms with van der Waals surface area (Å²) < 4.78 is 1.97. The van der Waals surface area contributed by atoms with Gasteiger partial charge in [-0.1, -0.05) is 0 Å². The molecule has 0 unspecified atom stereocenters. The molecule has 0 N–H and O–H groups in total. The molecule has 20 heavy (non-hydrogen) atoms. The predicted molar refractivity (Wildman–Crippen MR) is 77.4 cm³/mol. The Morgan fingerprint density at radius 1 is 1.45 bits per heavy atom. The zero-order valence-corrected chi connectivity index (χ0v) is 12.5. The van der Waals surface area contributed by atoms with Gasteiger partial charge in [0.1, 0.15) is 0 Å². The normalized spacial score (nSPS) is 22.8. The third kappa shape index (κ3) is 3.03. The van der Waals surface area contributed by atoms with E-state index in [0.29, 0.717) is 18.6 Å². The molecule has 0 aromatic carbocycles. The lowest BCUT2D eigenvalue weighted by Crippen LogP contribution is -2.43. The third-order valence-electron chi connectivity index (χ3n) is 4.41. The number of amides is 1. The van der Waals surface area contributed by atoms with Gasteiger partial charge in [0.2, 0.25) is 5.91 Å². The topological polar surface area (TPSA) is 41.4 Å². The van der Waals surface area contributed by atoms with Crippen molar-refractivity contribution in [3.63, 3.8) is 0 Å². The molecule has 2 heterocycles. The number of hydrogen-bond donors (Lipinski definition) is 0. The van der Waals surface area contributed by atoms with Gasteiger partial charge in [-0.3, -0.25) is 14.4 Å². The van der Waals surface area contributed by atoms with E-state index in [2.05, 4.69) is 28.1 Å². The van der Waals surface area contributed by atoms with Crippen molar-refractivity contribution in [3.8, 4) is 0 Å². The minimum absolute atomic E-state index is 0.283. The van der Waals surface area contributed by atoms with E-state index in [4.69, 9.17) is 0 Å². The van der Waals surface area contributed by atoms with E-state index in [1.165, 1.54) is 18.4 Å². The molecule has 1 aromatic heterocycles. The molecule has 0 spiro atoms. The van der Waals surface area contributed by atoms with Gasteiger partial charge < -0.3 is 4.90 Å². The fourth-order valence-corrected chi connectivity index (χ4v) is 3.09. The summed E-state index contributed by atoms with van der Waals surface area (Å²) in [5, 5.41) is 4.34. The number of nitrogens with zero attached hydrogens (tertiary/aromatic N) is 4. The van der Waals surface area contributed by atoms with Gasteiger partial charge >= 0.3 is 0 Å². The summed E-state index contributed by atoms with van der Waals surface area (Å²) in [7, 11) is 2.07. The van der Waals surface area contributed by atoms with Crippen molar-refractivity contribution in [3.05, 3.63) is 18.0 Å². The highest BCUT2D eigenvalue weighted by Gasteiger charge is 2.32. The standard InChI is InChI=1S/C15H24N4O/c1-12-8-16-18(9-12)10-14-4-3-7-19(14)15(20)11-17(2)13-5-6-13/h8-9,13-14H,3-7,10-11H2,1-2H3/t14-/m0/s1. The molecule has 1 aromatic rings. The van der Waals surface area contributed by atoms with E-state index >= 15 is 0 Å². The Balaban J connectivity index is 1.58. The first-order valence-electron chi connectivity index (χ1n) is 7.62. The van der Waals surface area contributed by atoms with Gasteiger partial charge in [0.15, 0.2) is 0 Å². The van der Waals surface area contributed by atoms with E-state index < -0.39 is 0 Å². The second kappa shape index (κ2) is 5.56. The first-order valence-corrected chi connectivity index (χ1v) is 7.62. The van der Waals surface area contributed by atoms with Crippen molar-refractivity contribution in [1.82, 2.24) is 19.6 Å². The minimum Gasteiger partial charge on any atom is -0.337 e. The summed E-state index contributed by atoms with van der Waals surface area (Å²) in [6, 6.07) is 0.961. The number of likely N-dealkylation sites (tertiary alicyclic amines) is 1. The van der Waals surface area contributed by atoms with Crippen molar-refractivity contribution >= 4 is 5.91 Å². The van der Waals surface area contributed by atoms with E-state index in [9.17, 15) is 4.79 Å². The number of aryl methyl sites for hydroxylation is 1. The van der Waals surface area contributed by atoms with Crippen LogP contribution in [0.1, 0.15) is 31.2 Å². The van der Waals surface area contributed by atoms with Crippen LogP contribution in [0.2, 0.25) is 0 Å². The molecular weight excluding hydrogens is 252 g/mol. The maximum atomic E-state index is 12.4. The molecular formula is C15H24N4O. The fourth-order valence-electron chi connectivity index (χ4n) is 3.09. The van der Waals surface area contributed by atoms with Crippen molar-refractivity contribution in [2.75, 3.05) is 20.1 Å². The Bertz CT molecular complexity index is 480. The van der Waals surface area contributed by atoms with Gasteiger partial charge in [0.25, 0.3) is 0 Å². The maximum absolute atomic E-state index is 12.4. The monoisotopic (exact) mass is 276 g/mol. The maximum Gasteiger partial charge on any atom is 0.237 e. The van der Waals surface area contributed by atoms with Crippen molar-refractivity contribution in [2.24, 2.45) is 0 Å². The number of hydrogen-bond acceptors (Lipinski definition) is 3. The molecule has 1 atom stereocenters. The molecule has 110 valence electrons. The molecule has 0 radical (unpaired) electrons. The van der Waals surface area contributed by atoms with Crippen LogP contribution in [0.4, 0.5) is 0 Å². The highest BCUT2D eigenvalue weighted by molar-refractivity contribution is 5.79. The Morgan fingerprint density at radius 2 is 2.25 bits per heavy atom. The molecule has 1 saturated carbocycles. The van der Waals surface area contributed by atoms with E-state index in [1.54, 1.807) is 0 Å². The van der Waals surface area contributed by atoms with E-state index in [-0.39, 0.29) is 5.91 Å². The van der Waals surface area contributed by atoms with Crippen LogP contribution < -0.4 is 0 Å². The van der Waals surface area contributed by atoms with Gasteiger partial charge in [0, 0.05) is 18.8 Å². The lowest BCUT2D eigenvalue weighted by molar-refractivity contribution is -0.133. The Kier molecular flexibility index (Phi) is 3.78. The van der Waals surface area contributed by atoms with Gasteiger partial charge in [-0.05, 0) is 45.2 Å². The molecule has 5 nitrogen and oxygen atoms in total. The lowest BCUT2D eigenvalue weighted by Gasteiger charge is -2.27. The van der Waals surface area contributed by atoms with Gasteiger partial charge in [0.05, 0.1) is 25.3 Å². The van der Waals surface area contributed by atoms with Gasteiger partial charge in [-0.25, -0.2) is 0 Å². The first-order chi connectivity index (χ1) is 9.63. The summed E-state index contributed by atoms with van der Waals surface area (Å²) in [6.45, 7) is 4.35. The van der Waals surface area contributed by atoms with E-state index in [0.717, 1.165) is 25.9 Å². The largest absolute Gasteiger partial charge is 0.337 e. The molecule has 3 rings (SSSR count). The Morgan fingerprint density at radius 3 is 2.90 bits per heavy atom. The Hall–Kier alpha value is -1.36. The summed E-state index contributed by atoms with van der Waals surface area (Å²) in [6.07, 6.45) is 8.64. The van der Waals surface area contributed by atoms with Crippen LogP contribution in [-0.4, -0.2) is 57.7 Å². The average Bonchev–Trinajstić information content (AvgIpc) is 3.04. The zero-order chi connectivity index (χ0) is 14.1. The summed E-state index contributed by atoms with van der Waals surface area (Å²) in [5.74, 6) is 0.283.